The largest absolute Gasteiger partial charge is 0.304 e. The molecule has 0 spiro atoms. The van der Waals surface area contributed by atoms with Gasteiger partial charge in [0.1, 0.15) is 12.4 Å². The average molecular weight is 350 g/mol. The van der Waals surface area contributed by atoms with Gasteiger partial charge in [0.25, 0.3) is 5.91 Å². The van der Waals surface area contributed by atoms with Crippen molar-refractivity contribution in [3.63, 3.8) is 0 Å². The summed E-state index contributed by atoms with van der Waals surface area (Å²) in [7, 11) is 0. The number of imidazole rings is 1. The van der Waals surface area contributed by atoms with Crippen molar-refractivity contribution < 1.29 is 9.18 Å². The number of carbonyl (C=O) groups is 1. The third-order valence-corrected chi connectivity index (χ3v) is 3.94. The van der Waals surface area contributed by atoms with Gasteiger partial charge in [0, 0.05) is 6.20 Å². The van der Waals surface area contributed by atoms with E-state index < -0.39 is 12.6 Å². The molecule has 0 atom stereocenters. The van der Waals surface area contributed by atoms with Gasteiger partial charge in [0.05, 0.1) is 23.3 Å². The molecule has 3 aromatic rings. The topological polar surface area (TPSA) is 74.9 Å². The van der Waals surface area contributed by atoms with Crippen molar-refractivity contribution in [2.24, 2.45) is 5.10 Å². The maximum atomic E-state index is 12.6. The monoisotopic (exact) mass is 350 g/mol. The van der Waals surface area contributed by atoms with E-state index in [2.05, 4.69) is 27.0 Å². The Morgan fingerprint density at radius 1 is 1.19 bits per heavy atom. The molecule has 1 aromatic carbocycles. The first kappa shape index (κ1) is 15.9. The van der Waals surface area contributed by atoms with Crippen LogP contribution in [0, 0.1) is 0 Å². The molecule has 0 unspecified atom stereocenters. The molecule has 0 saturated carbocycles. The summed E-state index contributed by atoms with van der Waals surface area (Å²) in [5, 5.41) is 8.22. The molecule has 2 aromatic heterocycles. The lowest BCUT2D eigenvalue weighted by Crippen LogP contribution is -2.34. The first-order valence-electron chi connectivity index (χ1n) is 8.00. The molecular formula is C18H15FN6O. The number of hydrazone groups is 1. The number of alkyl halides is 1. The second-order valence-corrected chi connectivity index (χ2v) is 5.66. The fourth-order valence-corrected chi connectivity index (χ4v) is 2.68. The summed E-state index contributed by atoms with van der Waals surface area (Å²) in [5.74, 6) is 0.314. The molecule has 0 saturated heterocycles. The maximum absolute atomic E-state index is 12.6. The lowest BCUT2D eigenvalue weighted by atomic mass is 10.3. The molecule has 1 aliphatic heterocycles. The Morgan fingerprint density at radius 2 is 2.04 bits per heavy atom. The molecule has 4 rings (SSSR count). The van der Waals surface area contributed by atoms with E-state index in [-0.39, 0.29) is 12.2 Å². The molecule has 1 amide bonds. The van der Waals surface area contributed by atoms with E-state index in [0.717, 1.165) is 11.0 Å². The highest BCUT2D eigenvalue weighted by molar-refractivity contribution is 6.10. The fraction of sp³-hybridized carbons (Fsp3) is 0.111. The second kappa shape index (κ2) is 6.40. The van der Waals surface area contributed by atoms with Crippen LogP contribution < -0.4 is 5.32 Å². The molecule has 0 radical (unpaired) electrons. The average Bonchev–Trinajstić information content (AvgIpc) is 3.02. The van der Waals surface area contributed by atoms with Crippen molar-refractivity contribution >= 4 is 28.6 Å². The van der Waals surface area contributed by atoms with Crippen LogP contribution in [0.1, 0.15) is 10.5 Å². The molecule has 7 nitrogen and oxygen atoms in total. The number of nitrogens with one attached hydrogen (secondary N) is 1. The highest BCUT2D eigenvalue weighted by Gasteiger charge is 2.15. The first-order valence-corrected chi connectivity index (χ1v) is 8.00. The van der Waals surface area contributed by atoms with E-state index in [9.17, 15) is 9.18 Å². The van der Waals surface area contributed by atoms with Gasteiger partial charge in [-0.3, -0.25) is 14.2 Å². The number of amides is 1. The number of benzene rings is 1. The van der Waals surface area contributed by atoms with Gasteiger partial charge in [-0.25, -0.2) is 14.4 Å². The number of hydrogen-bond donors (Lipinski definition) is 1. The van der Waals surface area contributed by atoms with Gasteiger partial charge in [0.15, 0.2) is 5.84 Å². The zero-order chi connectivity index (χ0) is 18.1. The minimum absolute atomic E-state index is 0.0768. The summed E-state index contributed by atoms with van der Waals surface area (Å²) < 4.78 is 14.4. The lowest BCUT2D eigenvalue weighted by molar-refractivity contribution is 0.0971. The molecule has 0 fully saturated rings. The number of nitrogens with zero attached hydrogens (tertiary/aromatic N) is 5. The van der Waals surface area contributed by atoms with Gasteiger partial charge in [-0.2, -0.15) is 5.10 Å². The molecule has 3 heterocycles. The van der Waals surface area contributed by atoms with Gasteiger partial charge in [-0.15, -0.1) is 0 Å². The highest BCUT2D eigenvalue weighted by atomic mass is 19.1. The Bertz CT molecular complexity index is 1080. The predicted octanol–water partition coefficient (Wildman–Crippen LogP) is 2.28. The number of halogens is 1. The molecule has 130 valence electrons. The van der Waals surface area contributed by atoms with Crippen molar-refractivity contribution in [2.45, 2.75) is 0 Å². The molecule has 8 heteroatoms. The first-order chi connectivity index (χ1) is 12.7. The van der Waals surface area contributed by atoms with E-state index in [1.54, 1.807) is 24.4 Å². The molecule has 1 N–H and O–H groups in total. The van der Waals surface area contributed by atoms with Crippen LogP contribution in [0.25, 0.3) is 16.8 Å². The van der Waals surface area contributed by atoms with E-state index in [1.165, 1.54) is 5.01 Å². The third kappa shape index (κ3) is 2.81. The van der Waals surface area contributed by atoms with Gasteiger partial charge >= 0.3 is 0 Å². The van der Waals surface area contributed by atoms with Crippen LogP contribution in [-0.4, -0.2) is 44.3 Å². The Balaban J connectivity index is 1.60. The van der Waals surface area contributed by atoms with Crippen molar-refractivity contribution in [2.75, 3.05) is 13.2 Å². The van der Waals surface area contributed by atoms with Crippen LogP contribution in [-0.2, 0) is 0 Å². The van der Waals surface area contributed by atoms with Crippen LogP contribution >= 0.6 is 0 Å². The van der Waals surface area contributed by atoms with Crippen LogP contribution in [0.3, 0.4) is 0 Å². The quantitative estimate of drug-likeness (QED) is 0.786. The van der Waals surface area contributed by atoms with Gasteiger partial charge in [0.2, 0.25) is 5.78 Å². The normalized spacial score (nSPS) is 14.1. The zero-order valence-electron chi connectivity index (χ0n) is 13.8. The number of hydrogen-bond acceptors (Lipinski definition) is 5. The lowest BCUT2D eigenvalue weighted by Gasteiger charge is -2.22. The molecular weight excluding hydrogens is 335 g/mol. The minimum Gasteiger partial charge on any atom is -0.304 e. The van der Waals surface area contributed by atoms with Crippen LogP contribution in [0.4, 0.5) is 4.39 Å². The summed E-state index contributed by atoms with van der Waals surface area (Å²) in [6.07, 6.45) is 5.02. The molecule has 0 aliphatic carbocycles. The van der Waals surface area contributed by atoms with E-state index in [1.807, 2.05) is 28.7 Å². The number of rotatable bonds is 3. The smallest absolute Gasteiger partial charge is 0.275 e. The minimum atomic E-state index is -0.566. The molecule has 0 bridgehead atoms. The van der Waals surface area contributed by atoms with E-state index in [4.69, 9.17) is 0 Å². The Hall–Kier alpha value is -3.55. The fourth-order valence-electron chi connectivity index (χ4n) is 2.68. The second-order valence-electron chi connectivity index (χ2n) is 5.66. The Morgan fingerprint density at radius 3 is 2.88 bits per heavy atom. The standard InChI is InChI=1S/C18H15FN6O/c1-12-6-7-16(23-25(12)11-9-19)22-17(26)14-8-10-24-15-5-3-2-4-13(15)20-18(24)21-14/h2-8,10H,1,9,11H2,(H,22,23,26). The maximum Gasteiger partial charge on any atom is 0.275 e. The Kier molecular flexibility index (Phi) is 3.92. The number of carbonyl (C=O) groups excluding carboxylic acids is 1. The Labute approximate surface area is 148 Å². The van der Waals surface area contributed by atoms with E-state index >= 15 is 0 Å². The van der Waals surface area contributed by atoms with Gasteiger partial charge < -0.3 is 5.32 Å². The number of aromatic nitrogens is 3. The summed E-state index contributed by atoms with van der Waals surface area (Å²) in [4.78, 5) is 21.2. The zero-order valence-corrected chi connectivity index (χ0v) is 13.8. The molecule has 1 aliphatic rings. The van der Waals surface area contributed by atoms with E-state index in [0.29, 0.717) is 17.3 Å². The van der Waals surface area contributed by atoms with Crippen LogP contribution in [0.2, 0.25) is 0 Å². The van der Waals surface area contributed by atoms with Gasteiger partial charge in [-0.1, -0.05) is 18.7 Å². The van der Waals surface area contributed by atoms with Crippen molar-refractivity contribution in [1.29, 1.82) is 0 Å². The highest BCUT2D eigenvalue weighted by Crippen LogP contribution is 2.15. The van der Waals surface area contributed by atoms with Crippen molar-refractivity contribution in [1.82, 2.24) is 24.7 Å². The molecule has 26 heavy (non-hydrogen) atoms. The summed E-state index contributed by atoms with van der Waals surface area (Å²) in [6.45, 7) is 3.28. The summed E-state index contributed by atoms with van der Waals surface area (Å²) >= 11 is 0. The van der Waals surface area contributed by atoms with Crippen molar-refractivity contribution in [3.8, 4) is 0 Å². The SMILES string of the molecule is C=C1C=CC(NC(=O)c2ccn3c(n2)nc2ccccc23)=NN1CCF. The van der Waals surface area contributed by atoms with Crippen molar-refractivity contribution in [3.05, 3.63) is 66.7 Å². The summed E-state index contributed by atoms with van der Waals surface area (Å²) in [5.41, 5.74) is 2.49. The van der Waals surface area contributed by atoms with Crippen LogP contribution in [0.15, 0.2) is 66.1 Å². The van der Waals surface area contributed by atoms with Gasteiger partial charge in [-0.05, 0) is 30.4 Å². The number of allylic oxidation sites excluding steroid dienone is 1. The number of fused-ring (bicyclic) bond motifs is 3. The predicted molar refractivity (Wildman–Crippen MR) is 96.4 cm³/mol. The third-order valence-electron chi connectivity index (χ3n) is 3.94. The summed E-state index contributed by atoms with van der Waals surface area (Å²) in [6, 6.07) is 9.25. The number of para-hydroxylation sites is 2. The van der Waals surface area contributed by atoms with Crippen LogP contribution in [0.5, 0.6) is 0 Å². The number of amidine groups is 1.